The van der Waals surface area contributed by atoms with Crippen molar-refractivity contribution >= 4 is 16.8 Å². The summed E-state index contributed by atoms with van der Waals surface area (Å²) >= 11 is 0. The molecule has 28 heavy (non-hydrogen) atoms. The molecule has 1 atom stereocenters. The average molecular weight is 378 g/mol. The number of pyridine rings is 1. The van der Waals surface area contributed by atoms with Crippen molar-refractivity contribution in [2.45, 2.75) is 45.1 Å². The number of para-hydroxylation sites is 1. The number of nitrogens with two attached hydrogens (primary N) is 1. The van der Waals surface area contributed by atoms with Crippen LogP contribution in [-0.4, -0.2) is 38.5 Å². The van der Waals surface area contributed by atoms with Gasteiger partial charge in [0.15, 0.2) is 5.69 Å². The fraction of sp³-hybridized carbons (Fsp3) is 0.429. The summed E-state index contributed by atoms with van der Waals surface area (Å²) in [4.78, 5) is 17.4. The molecule has 0 radical (unpaired) electrons. The van der Waals surface area contributed by atoms with Gasteiger partial charge in [-0.25, -0.2) is 4.68 Å². The number of hydrogen-bond acceptors (Lipinski definition) is 5. The van der Waals surface area contributed by atoms with E-state index in [-0.39, 0.29) is 11.9 Å². The Kier molecular flexibility index (Phi) is 5.34. The molecule has 1 amide bonds. The van der Waals surface area contributed by atoms with Crippen molar-refractivity contribution in [2.75, 3.05) is 6.54 Å². The second-order valence-corrected chi connectivity index (χ2v) is 7.50. The number of aromatic nitrogens is 4. The number of rotatable bonds is 5. The van der Waals surface area contributed by atoms with Crippen molar-refractivity contribution in [2.24, 2.45) is 11.7 Å². The van der Waals surface area contributed by atoms with E-state index in [2.05, 4.69) is 20.6 Å². The third-order valence-electron chi connectivity index (χ3n) is 5.74. The number of carbonyl (C=O) groups is 1. The van der Waals surface area contributed by atoms with Gasteiger partial charge in [-0.1, -0.05) is 42.7 Å². The molecule has 7 heteroatoms. The fourth-order valence-electron chi connectivity index (χ4n) is 4.17. The average Bonchev–Trinajstić information content (AvgIpc) is 3.13. The first-order chi connectivity index (χ1) is 13.7. The van der Waals surface area contributed by atoms with Crippen LogP contribution < -0.4 is 11.1 Å². The van der Waals surface area contributed by atoms with Crippen molar-refractivity contribution in [3.63, 3.8) is 0 Å². The first kappa shape index (κ1) is 18.6. The van der Waals surface area contributed by atoms with E-state index in [0.717, 1.165) is 29.4 Å². The largest absolute Gasteiger partial charge is 0.346 e. The number of nitrogens with one attached hydrogen (secondary N) is 1. The maximum Gasteiger partial charge on any atom is 0.274 e. The molecule has 4 rings (SSSR count). The Balaban J connectivity index is 1.60. The lowest BCUT2D eigenvalue weighted by molar-refractivity contribution is 0.0909. The highest BCUT2D eigenvalue weighted by molar-refractivity contribution is 5.94. The summed E-state index contributed by atoms with van der Waals surface area (Å²) in [5.74, 6) is 0.235. The van der Waals surface area contributed by atoms with Crippen LogP contribution in [0.15, 0.2) is 36.5 Å². The summed E-state index contributed by atoms with van der Waals surface area (Å²) in [6.45, 7) is 2.30. The molecule has 0 bridgehead atoms. The Morgan fingerprint density at radius 2 is 2.04 bits per heavy atom. The SMILES string of the molecule is Cc1c(C(=O)NC(CN)C2CCCCC2)nnn1-c1cccc2cccnc12. The van der Waals surface area contributed by atoms with E-state index in [1.165, 1.54) is 19.3 Å². The lowest BCUT2D eigenvalue weighted by Crippen LogP contribution is -2.46. The molecule has 1 unspecified atom stereocenters. The summed E-state index contributed by atoms with van der Waals surface area (Å²) in [5.41, 5.74) is 8.62. The van der Waals surface area contributed by atoms with Gasteiger partial charge in [0, 0.05) is 24.2 Å². The monoisotopic (exact) mass is 378 g/mol. The van der Waals surface area contributed by atoms with E-state index in [4.69, 9.17) is 5.73 Å². The molecule has 1 aliphatic rings. The predicted octanol–water partition coefficient (Wildman–Crippen LogP) is 2.76. The van der Waals surface area contributed by atoms with E-state index >= 15 is 0 Å². The normalized spacial score (nSPS) is 16.2. The molecule has 2 heterocycles. The van der Waals surface area contributed by atoms with Gasteiger partial charge in [-0.3, -0.25) is 9.78 Å². The molecule has 3 aromatic rings. The van der Waals surface area contributed by atoms with Crippen LogP contribution in [0.3, 0.4) is 0 Å². The highest BCUT2D eigenvalue weighted by Crippen LogP contribution is 2.26. The molecule has 0 aliphatic heterocycles. The van der Waals surface area contributed by atoms with Gasteiger partial charge in [-0.2, -0.15) is 0 Å². The standard InChI is InChI=1S/C21H26N6O/c1-14-19(21(28)24-17(13-22)15-7-3-2-4-8-15)25-26-27(14)18-11-5-9-16-10-6-12-23-20(16)18/h5-6,9-12,15,17H,2-4,7-8,13,22H2,1H3,(H,24,28). The van der Waals surface area contributed by atoms with Crippen LogP contribution >= 0.6 is 0 Å². The van der Waals surface area contributed by atoms with Crippen LogP contribution in [0.1, 0.15) is 48.3 Å². The van der Waals surface area contributed by atoms with E-state index in [1.54, 1.807) is 10.9 Å². The maximum atomic E-state index is 12.9. The summed E-state index contributed by atoms with van der Waals surface area (Å²) in [5, 5.41) is 12.5. The number of carbonyl (C=O) groups excluding carboxylic acids is 1. The van der Waals surface area contributed by atoms with Crippen molar-refractivity contribution < 1.29 is 4.79 Å². The quantitative estimate of drug-likeness (QED) is 0.711. The molecule has 1 saturated carbocycles. The molecular weight excluding hydrogens is 352 g/mol. The maximum absolute atomic E-state index is 12.9. The minimum Gasteiger partial charge on any atom is -0.346 e. The Hall–Kier alpha value is -2.80. The van der Waals surface area contributed by atoms with E-state index in [9.17, 15) is 4.79 Å². The van der Waals surface area contributed by atoms with Crippen molar-refractivity contribution in [1.82, 2.24) is 25.3 Å². The molecule has 3 N–H and O–H groups in total. The Labute approximate surface area is 164 Å². The minimum absolute atomic E-state index is 0.0171. The number of fused-ring (bicyclic) bond motifs is 1. The van der Waals surface area contributed by atoms with Crippen LogP contribution in [0, 0.1) is 12.8 Å². The highest BCUT2D eigenvalue weighted by Gasteiger charge is 2.26. The molecule has 1 fully saturated rings. The number of hydrogen-bond donors (Lipinski definition) is 2. The van der Waals surface area contributed by atoms with E-state index in [1.807, 2.05) is 37.3 Å². The number of benzene rings is 1. The predicted molar refractivity (Wildman–Crippen MR) is 108 cm³/mol. The number of nitrogens with zero attached hydrogens (tertiary/aromatic N) is 4. The van der Waals surface area contributed by atoms with Gasteiger partial charge in [-0.05, 0) is 37.8 Å². The molecule has 2 aromatic heterocycles. The first-order valence-electron chi connectivity index (χ1n) is 9.96. The molecule has 1 aliphatic carbocycles. The van der Waals surface area contributed by atoms with Crippen LogP contribution in [0.4, 0.5) is 0 Å². The van der Waals surface area contributed by atoms with Crippen molar-refractivity contribution in [1.29, 1.82) is 0 Å². The zero-order valence-corrected chi connectivity index (χ0v) is 16.1. The van der Waals surface area contributed by atoms with Gasteiger partial charge in [0.2, 0.25) is 0 Å². The summed E-state index contributed by atoms with van der Waals surface area (Å²) < 4.78 is 1.68. The summed E-state index contributed by atoms with van der Waals surface area (Å²) in [6, 6.07) is 9.77. The Morgan fingerprint density at radius 3 is 2.82 bits per heavy atom. The van der Waals surface area contributed by atoms with Gasteiger partial charge in [-0.15, -0.1) is 5.10 Å². The highest BCUT2D eigenvalue weighted by atomic mass is 16.2. The molecule has 0 spiro atoms. The van der Waals surface area contributed by atoms with Gasteiger partial charge in [0.1, 0.15) is 0 Å². The van der Waals surface area contributed by atoms with Gasteiger partial charge < -0.3 is 11.1 Å². The van der Waals surface area contributed by atoms with Crippen LogP contribution in [-0.2, 0) is 0 Å². The molecule has 0 saturated heterocycles. The van der Waals surface area contributed by atoms with E-state index < -0.39 is 0 Å². The summed E-state index contributed by atoms with van der Waals surface area (Å²) in [7, 11) is 0. The lowest BCUT2D eigenvalue weighted by atomic mass is 9.84. The molecule has 1 aromatic carbocycles. The topological polar surface area (TPSA) is 98.7 Å². The third kappa shape index (κ3) is 3.49. The minimum atomic E-state index is -0.210. The lowest BCUT2D eigenvalue weighted by Gasteiger charge is -2.29. The Morgan fingerprint density at radius 1 is 1.25 bits per heavy atom. The van der Waals surface area contributed by atoms with Crippen molar-refractivity contribution in [3.05, 3.63) is 47.9 Å². The zero-order valence-electron chi connectivity index (χ0n) is 16.1. The van der Waals surface area contributed by atoms with Crippen molar-refractivity contribution in [3.8, 4) is 5.69 Å². The second-order valence-electron chi connectivity index (χ2n) is 7.50. The smallest absolute Gasteiger partial charge is 0.274 e. The van der Waals surface area contributed by atoms with Gasteiger partial charge >= 0.3 is 0 Å². The Bertz CT molecular complexity index is 971. The van der Waals surface area contributed by atoms with Crippen LogP contribution in [0.25, 0.3) is 16.6 Å². The van der Waals surface area contributed by atoms with Crippen LogP contribution in [0.5, 0.6) is 0 Å². The zero-order chi connectivity index (χ0) is 19.5. The molecule has 146 valence electrons. The van der Waals surface area contributed by atoms with Crippen LogP contribution in [0.2, 0.25) is 0 Å². The molecular formula is C21H26N6O. The second kappa shape index (κ2) is 8.06. The molecule has 7 nitrogen and oxygen atoms in total. The van der Waals surface area contributed by atoms with Gasteiger partial charge in [0.25, 0.3) is 5.91 Å². The first-order valence-corrected chi connectivity index (χ1v) is 9.96. The summed E-state index contributed by atoms with van der Waals surface area (Å²) in [6.07, 6.45) is 7.68. The van der Waals surface area contributed by atoms with Gasteiger partial charge in [0.05, 0.1) is 16.9 Å². The van der Waals surface area contributed by atoms with E-state index in [0.29, 0.717) is 23.9 Å². The number of amides is 1. The fourth-order valence-corrected chi connectivity index (χ4v) is 4.17. The third-order valence-corrected chi connectivity index (χ3v) is 5.74.